The van der Waals surface area contributed by atoms with Crippen LogP contribution in [0.15, 0.2) is 35.2 Å². The van der Waals surface area contributed by atoms with Crippen LogP contribution in [0.5, 0.6) is 0 Å². The molecule has 0 spiro atoms. The van der Waals surface area contributed by atoms with E-state index >= 15 is 0 Å². The Hall–Kier alpha value is -3.96. The van der Waals surface area contributed by atoms with E-state index in [0.717, 1.165) is 0 Å². The van der Waals surface area contributed by atoms with E-state index in [-0.39, 0.29) is 30.1 Å². The van der Waals surface area contributed by atoms with Crippen LogP contribution < -0.4 is 27.4 Å². The molecule has 1 rings (SSSR count). The molecule has 3 atom stereocenters. The molecule has 0 saturated carbocycles. The summed E-state index contributed by atoms with van der Waals surface area (Å²) in [6, 6.07) is 3.50. The molecule has 38 heavy (non-hydrogen) atoms. The molecule has 5 amide bonds. The second-order valence-electron chi connectivity index (χ2n) is 8.69. The fourth-order valence-electron chi connectivity index (χ4n) is 3.16. The monoisotopic (exact) mass is 551 g/mol. The van der Waals surface area contributed by atoms with Crippen LogP contribution in [0, 0.1) is 18.3 Å². The van der Waals surface area contributed by atoms with Crippen molar-refractivity contribution >= 4 is 39.7 Å². The van der Waals surface area contributed by atoms with Gasteiger partial charge in [0, 0.05) is 6.42 Å². The summed E-state index contributed by atoms with van der Waals surface area (Å²) in [7, 11) is -4.07. The Labute approximate surface area is 221 Å². The maximum atomic E-state index is 13.0. The summed E-state index contributed by atoms with van der Waals surface area (Å²) in [6.45, 7) is 3.09. The highest BCUT2D eigenvalue weighted by Crippen LogP contribution is 2.12. The number of nitrogens with one attached hydrogen (secondary N) is 3. The van der Waals surface area contributed by atoms with Crippen molar-refractivity contribution in [1.29, 1.82) is 0 Å². The van der Waals surface area contributed by atoms with Crippen LogP contribution in [0.2, 0.25) is 0 Å². The summed E-state index contributed by atoms with van der Waals surface area (Å²) in [4.78, 5) is 61.0. The van der Waals surface area contributed by atoms with Gasteiger partial charge < -0.3 is 27.4 Å². The number of terminal acetylenes is 1. The zero-order valence-electron chi connectivity index (χ0n) is 21.1. The van der Waals surface area contributed by atoms with Crippen LogP contribution >= 0.6 is 0 Å². The van der Waals surface area contributed by atoms with E-state index in [9.17, 15) is 32.4 Å². The summed E-state index contributed by atoms with van der Waals surface area (Å²) >= 11 is 0. The molecule has 1 aromatic rings. The zero-order chi connectivity index (χ0) is 28.9. The molecule has 0 aliphatic heterocycles. The lowest BCUT2D eigenvalue weighted by Gasteiger charge is -2.24. The normalized spacial score (nSPS) is 13.4. The summed E-state index contributed by atoms with van der Waals surface area (Å²) in [5.74, 6) is -2.15. The number of nitrogens with two attached hydrogens (primary N) is 2. The molecule has 0 aliphatic carbocycles. The summed E-state index contributed by atoms with van der Waals surface area (Å²) < 4.78 is 29.3. The van der Waals surface area contributed by atoms with Gasteiger partial charge in [0.05, 0.1) is 24.3 Å². The fourth-order valence-corrected chi connectivity index (χ4v) is 4.09. The number of carbonyl (C=O) groups excluding carboxylic acids is 5. The molecule has 14 heteroatoms. The van der Waals surface area contributed by atoms with Gasteiger partial charge in [0.2, 0.25) is 29.5 Å². The topological polar surface area (TPSA) is 217 Å². The highest BCUT2D eigenvalue weighted by molar-refractivity contribution is 7.86. The summed E-state index contributed by atoms with van der Waals surface area (Å²) in [5, 5.41) is 7.09. The van der Waals surface area contributed by atoms with Crippen molar-refractivity contribution in [2.45, 2.75) is 62.6 Å². The van der Waals surface area contributed by atoms with Gasteiger partial charge in [-0.25, -0.2) is 0 Å². The van der Waals surface area contributed by atoms with E-state index in [1.54, 1.807) is 19.9 Å². The van der Waals surface area contributed by atoms with Crippen molar-refractivity contribution < 1.29 is 36.6 Å². The molecule has 0 radical (unpaired) electrons. The third-order valence-corrected chi connectivity index (χ3v) is 6.30. The number of primary amides is 2. The lowest BCUT2D eigenvalue weighted by molar-refractivity contribution is -0.134. The third-order valence-electron chi connectivity index (χ3n) is 4.98. The molecule has 0 unspecified atom stereocenters. The Balaban J connectivity index is 2.87. The predicted octanol–water partition coefficient (Wildman–Crippen LogP) is -1.33. The van der Waals surface area contributed by atoms with Gasteiger partial charge >= 0.3 is 0 Å². The van der Waals surface area contributed by atoms with Gasteiger partial charge in [-0.05, 0) is 24.5 Å². The average molecular weight is 552 g/mol. The number of benzene rings is 1. The van der Waals surface area contributed by atoms with E-state index in [2.05, 4.69) is 21.9 Å². The van der Waals surface area contributed by atoms with Gasteiger partial charge in [-0.3, -0.25) is 28.2 Å². The standard InChI is InChI=1S/C24H33N5O8S/c1-4-8-17(22(26)32)28-24(34)19(14-20(25)30)29-23(33)18(13-15(2)3)27-21(31)11-12-37-38(35,36)16-9-6-5-7-10-16/h1,5-7,9-10,15,17-19H,8,11-14H2,2-3H3,(H2,25,30)(H2,26,32)(H,27,31)(H,28,34)(H,29,33)/t17-,18-,19-/m0/s1. The summed E-state index contributed by atoms with van der Waals surface area (Å²) in [5.41, 5.74) is 10.4. The fraction of sp³-hybridized carbons (Fsp3) is 0.458. The molecule has 0 aliphatic rings. The predicted molar refractivity (Wildman–Crippen MR) is 136 cm³/mol. The molecule has 7 N–H and O–H groups in total. The highest BCUT2D eigenvalue weighted by atomic mass is 32.2. The minimum atomic E-state index is -4.07. The number of carbonyl (C=O) groups is 5. The van der Waals surface area contributed by atoms with Gasteiger partial charge in [-0.2, -0.15) is 8.42 Å². The second-order valence-corrected chi connectivity index (χ2v) is 10.3. The number of rotatable bonds is 16. The Bertz CT molecular complexity index is 1150. The largest absolute Gasteiger partial charge is 0.370 e. The van der Waals surface area contributed by atoms with Crippen LogP contribution in [-0.2, 0) is 38.3 Å². The van der Waals surface area contributed by atoms with E-state index in [1.165, 1.54) is 24.3 Å². The van der Waals surface area contributed by atoms with Gasteiger partial charge in [-0.15, -0.1) is 12.3 Å². The van der Waals surface area contributed by atoms with Crippen molar-refractivity contribution in [1.82, 2.24) is 16.0 Å². The van der Waals surface area contributed by atoms with Crippen molar-refractivity contribution in [2.24, 2.45) is 17.4 Å². The third kappa shape index (κ3) is 11.4. The van der Waals surface area contributed by atoms with Crippen molar-refractivity contribution in [2.75, 3.05) is 6.61 Å². The molecule has 0 aromatic heterocycles. The van der Waals surface area contributed by atoms with Crippen LogP contribution in [0.3, 0.4) is 0 Å². The van der Waals surface area contributed by atoms with Crippen molar-refractivity contribution in [3.05, 3.63) is 30.3 Å². The number of amides is 5. The molecule has 0 heterocycles. The van der Waals surface area contributed by atoms with E-state index in [1.807, 2.05) is 0 Å². The Morgan fingerprint density at radius 1 is 0.947 bits per heavy atom. The minimum Gasteiger partial charge on any atom is -0.370 e. The van der Waals surface area contributed by atoms with Gasteiger partial charge in [0.1, 0.15) is 18.1 Å². The van der Waals surface area contributed by atoms with E-state index < -0.39 is 70.8 Å². The molecule has 0 fully saturated rings. The Morgan fingerprint density at radius 3 is 2.05 bits per heavy atom. The maximum absolute atomic E-state index is 13.0. The van der Waals surface area contributed by atoms with Crippen LogP contribution in [-0.4, -0.2) is 62.7 Å². The highest BCUT2D eigenvalue weighted by Gasteiger charge is 2.30. The van der Waals surface area contributed by atoms with E-state index in [0.29, 0.717) is 0 Å². The van der Waals surface area contributed by atoms with E-state index in [4.69, 9.17) is 22.1 Å². The van der Waals surface area contributed by atoms with Crippen molar-refractivity contribution in [3.63, 3.8) is 0 Å². The van der Waals surface area contributed by atoms with Crippen LogP contribution in [0.4, 0.5) is 0 Å². The zero-order valence-corrected chi connectivity index (χ0v) is 22.0. The first-order valence-corrected chi connectivity index (χ1v) is 13.0. The van der Waals surface area contributed by atoms with Crippen LogP contribution in [0.25, 0.3) is 0 Å². The second kappa shape index (κ2) is 15.3. The number of hydrogen-bond donors (Lipinski definition) is 5. The van der Waals surface area contributed by atoms with Crippen molar-refractivity contribution in [3.8, 4) is 12.3 Å². The van der Waals surface area contributed by atoms with Crippen LogP contribution in [0.1, 0.15) is 39.5 Å². The molecule has 0 saturated heterocycles. The molecule has 0 bridgehead atoms. The molecular weight excluding hydrogens is 518 g/mol. The molecule has 1 aromatic carbocycles. The minimum absolute atomic E-state index is 0.0722. The average Bonchev–Trinajstić information content (AvgIpc) is 2.82. The number of hydrogen-bond acceptors (Lipinski definition) is 8. The van der Waals surface area contributed by atoms with Gasteiger partial charge in [0.15, 0.2) is 0 Å². The molecule has 13 nitrogen and oxygen atoms in total. The SMILES string of the molecule is C#CC[C@H](NC(=O)[C@H](CC(N)=O)NC(=O)[C@H](CC(C)C)NC(=O)CCOS(=O)(=O)c1ccccc1)C(N)=O. The van der Waals surface area contributed by atoms with Gasteiger partial charge in [-0.1, -0.05) is 32.0 Å². The Morgan fingerprint density at radius 2 is 1.53 bits per heavy atom. The first-order chi connectivity index (χ1) is 17.8. The summed E-state index contributed by atoms with van der Waals surface area (Å²) in [6.07, 6.45) is 4.11. The van der Waals surface area contributed by atoms with Gasteiger partial charge in [0.25, 0.3) is 10.1 Å². The Kier molecular flexibility index (Phi) is 12.9. The first-order valence-electron chi connectivity index (χ1n) is 11.6. The maximum Gasteiger partial charge on any atom is 0.296 e. The lowest BCUT2D eigenvalue weighted by atomic mass is 10.0. The first kappa shape index (κ1) is 32.1. The lowest BCUT2D eigenvalue weighted by Crippen LogP contribution is -2.57. The quantitative estimate of drug-likeness (QED) is 0.122. The smallest absolute Gasteiger partial charge is 0.296 e. The molecular formula is C24H33N5O8S. The molecule has 208 valence electrons.